The van der Waals surface area contributed by atoms with Crippen LogP contribution in [0.4, 0.5) is 5.69 Å². The Bertz CT molecular complexity index is 1220. The predicted molar refractivity (Wildman–Crippen MR) is 108 cm³/mol. The van der Waals surface area contributed by atoms with Crippen LogP contribution in [-0.4, -0.2) is 14.2 Å². The lowest BCUT2D eigenvalue weighted by atomic mass is 9.91. The van der Waals surface area contributed by atoms with E-state index in [4.69, 9.17) is 0 Å². The highest BCUT2D eigenvalue weighted by Crippen LogP contribution is 2.43. The smallest absolute Gasteiger partial charge is 0.265 e. The normalized spacial score (nSPS) is 14.7. The van der Waals surface area contributed by atoms with Crippen molar-refractivity contribution in [2.75, 3.05) is 4.31 Å². The maximum Gasteiger partial charge on any atom is 0.265 e. The Balaban J connectivity index is 1.92. The molecule has 4 nitrogen and oxygen atoms in total. The molecule has 1 aliphatic rings. The molecule has 0 radical (unpaired) electrons. The third-order valence-corrected chi connectivity index (χ3v) is 7.27. The molecular weight excluding hydrogens is 358 g/mol. The number of nitrogens with zero attached hydrogens (tertiary/aromatic N) is 1. The van der Waals surface area contributed by atoms with Crippen LogP contribution in [0.3, 0.4) is 0 Å². The zero-order chi connectivity index (χ0) is 19.5. The molecular formula is C22H21NO3S. The highest BCUT2D eigenvalue weighted by atomic mass is 32.2. The molecule has 1 heterocycles. The molecule has 1 aliphatic heterocycles. The van der Waals surface area contributed by atoms with Crippen molar-refractivity contribution in [3.05, 3.63) is 70.3 Å². The van der Waals surface area contributed by atoms with E-state index >= 15 is 0 Å². The average molecular weight is 379 g/mol. The highest BCUT2D eigenvalue weighted by molar-refractivity contribution is 7.93. The fourth-order valence-corrected chi connectivity index (χ4v) is 5.96. The number of hydrogen-bond donors (Lipinski definition) is 0. The maximum atomic E-state index is 13.2. The Labute approximate surface area is 159 Å². The second-order valence-electron chi connectivity index (χ2n) is 7.19. The highest BCUT2D eigenvalue weighted by Gasteiger charge is 2.36. The van der Waals surface area contributed by atoms with Crippen LogP contribution in [-0.2, 0) is 16.6 Å². The zero-order valence-corrected chi connectivity index (χ0v) is 16.6. The van der Waals surface area contributed by atoms with Crippen molar-refractivity contribution in [3.8, 4) is 0 Å². The molecule has 3 aromatic carbocycles. The first-order chi connectivity index (χ1) is 12.7. The fraction of sp³-hybridized carbons (Fsp3) is 0.227. The molecule has 0 fully saturated rings. The first-order valence-electron chi connectivity index (χ1n) is 8.88. The van der Waals surface area contributed by atoms with Gasteiger partial charge in [0.1, 0.15) is 0 Å². The molecule has 0 N–H and O–H groups in total. The van der Waals surface area contributed by atoms with E-state index in [0.717, 1.165) is 33.0 Å². The van der Waals surface area contributed by atoms with Gasteiger partial charge in [-0.15, -0.1) is 0 Å². The fourth-order valence-electron chi connectivity index (χ4n) is 4.28. The van der Waals surface area contributed by atoms with Crippen molar-refractivity contribution < 1.29 is 13.2 Å². The van der Waals surface area contributed by atoms with E-state index in [9.17, 15) is 13.2 Å². The van der Waals surface area contributed by atoms with Gasteiger partial charge in [0.05, 0.1) is 17.1 Å². The number of benzene rings is 3. The number of sulfonamides is 1. The minimum atomic E-state index is -3.62. The van der Waals surface area contributed by atoms with Crippen LogP contribution in [0, 0.1) is 20.8 Å². The van der Waals surface area contributed by atoms with Crippen molar-refractivity contribution in [3.63, 3.8) is 0 Å². The molecule has 0 aliphatic carbocycles. The summed E-state index contributed by atoms with van der Waals surface area (Å²) < 4.78 is 27.9. The number of carbonyl (C=O) groups is 1. The summed E-state index contributed by atoms with van der Waals surface area (Å²) in [5.41, 5.74) is 5.05. The van der Waals surface area contributed by atoms with Crippen molar-refractivity contribution in [1.82, 2.24) is 0 Å². The van der Waals surface area contributed by atoms with E-state index in [1.807, 2.05) is 51.1 Å². The standard InChI is InChI=1S/C22H21NO3S/c1-13-11-14(2)21(16(4)24)15(3)18(13)12-23-19-9-5-7-17-8-6-10-20(22(17)19)27(23,25)26/h5-11H,12H2,1-4H3. The molecule has 0 spiro atoms. The first kappa shape index (κ1) is 17.7. The minimum Gasteiger partial charge on any atom is -0.294 e. The van der Waals surface area contributed by atoms with Crippen LogP contribution in [0.2, 0.25) is 0 Å². The molecule has 3 aromatic rings. The Kier molecular flexibility index (Phi) is 3.89. The Morgan fingerprint density at radius 3 is 2.33 bits per heavy atom. The molecule has 0 atom stereocenters. The van der Waals surface area contributed by atoms with Crippen LogP contribution in [0.5, 0.6) is 0 Å². The molecule has 27 heavy (non-hydrogen) atoms. The van der Waals surface area contributed by atoms with E-state index < -0.39 is 10.0 Å². The summed E-state index contributed by atoms with van der Waals surface area (Å²) in [6, 6.07) is 13.0. The Hall–Kier alpha value is -2.66. The topological polar surface area (TPSA) is 54.5 Å². The van der Waals surface area contributed by atoms with E-state index in [-0.39, 0.29) is 12.3 Å². The lowest BCUT2D eigenvalue weighted by molar-refractivity contribution is 0.101. The van der Waals surface area contributed by atoms with Crippen molar-refractivity contribution in [2.45, 2.75) is 39.1 Å². The molecule has 5 heteroatoms. The Morgan fingerprint density at radius 2 is 1.67 bits per heavy atom. The van der Waals surface area contributed by atoms with Gasteiger partial charge >= 0.3 is 0 Å². The lowest BCUT2D eigenvalue weighted by Crippen LogP contribution is -2.27. The number of anilines is 1. The van der Waals surface area contributed by atoms with Gasteiger partial charge in [0.25, 0.3) is 10.0 Å². The van der Waals surface area contributed by atoms with Gasteiger partial charge in [-0.05, 0) is 67.5 Å². The van der Waals surface area contributed by atoms with E-state index in [1.54, 1.807) is 19.1 Å². The maximum absolute atomic E-state index is 13.2. The summed E-state index contributed by atoms with van der Waals surface area (Å²) in [7, 11) is -3.62. The largest absolute Gasteiger partial charge is 0.294 e. The second-order valence-corrected chi connectivity index (χ2v) is 9.02. The number of aryl methyl sites for hydroxylation is 2. The molecule has 0 amide bonds. The first-order valence-corrected chi connectivity index (χ1v) is 10.3. The molecule has 0 bridgehead atoms. The summed E-state index contributed by atoms with van der Waals surface area (Å²) >= 11 is 0. The summed E-state index contributed by atoms with van der Waals surface area (Å²) in [5.74, 6) is 0.000849. The van der Waals surface area contributed by atoms with Crippen LogP contribution in [0.1, 0.15) is 39.5 Å². The van der Waals surface area contributed by atoms with E-state index in [0.29, 0.717) is 16.1 Å². The molecule has 0 unspecified atom stereocenters. The van der Waals surface area contributed by atoms with Gasteiger partial charge in [-0.3, -0.25) is 9.10 Å². The van der Waals surface area contributed by atoms with Crippen molar-refractivity contribution in [1.29, 1.82) is 0 Å². The number of Topliss-reactive ketones (excluding diaryl/α,β-unsaturated/α-hetero) is 1. The van der Waals surface area contributed by atoms with Gasteiger partial charge in [0.2, 0.25) is 0 Å². The van der Waals surface area contributed by atoms with Gasteiger partial charge in [-0.25, -0.2) is 8.42 Å². The Morgan fingerprint density at radius 1 is 1.00 bits per heavy atom. The summed E-state index contributed by atoms with van der Waals surface area (Å²) in [6.07, 6.45) is 0. The van der Waals surface area contributed by atoms with E-state index in [2.05, 4.69) is 0 Å². The number of rotatable bonds is 3. The van der Waals surface area contributed by atoms with Gasteiger partial charge in [-0.2, -0.15) is 0 Å². The summed E-state index contributed by atoms with van der Waals surface area (Å²) in [6.45, 7) is 7.56. The van der Waals surface area contributed by atoms with Gasteiger partial charge in [-0.1, -0.05) is 30.3 Å². The third kappa shape index (κ3) is 2.49. The van der Waals surface area contributed by atoms with Crippen LogP contribution >= 0.6 is 0 Å². The minimum absolute atomic E-state index is 0.000849. The molecule has 0 saturated carbocycles. The SMILES string of the molecule is CC(=O)c1c(C)cc(C)c(CN2c3cccc4cccc(c34)S2(=O)=O)c1C. The molecule has 4 rings (SSSR count). The van der Waals surface area contributed by atoms with Gasteiger partial charge in [0, 0.05) is 10.9 Å². The summed E-state index contributed by atoms with van der Waals surface area (Å²) in [4.78, 5) is 12.5. The number of hydrogen-bond acceptors (Lipinski definition) is 3. The predicted octanol–water partition coefficient (Wildman–Crippen LogP) is 4.68. The van der Waals surface area contributed by atoms with Crippen molar-refractivity contribution in [2.24, 2.45) is 0 Å². The molecule has 0 aromatic heterocycles. The average Bonchev–Trinajstić information content (AvgIpc) is 2.81. The van der Waals surface area contributed by atoms with Crippen LogP contribution in [0.15, 0.2) is 47.4 Å². The van der Waals surface area contributed by atoms with Gasteiger partial charge in [0.15, 0.2) is 5.78 Å². The number of ketones is 1. The van der Waals surface area contributed by atoms with Gasteiger partial charge < -0.3 is 0 Å². The zero-order valence-electron chi connectivity index (χ0n) is 15.8. The molecule has 138 valence electrons. The van der Waals surface area contributed by atoms with E-state index in [1.165, 1.54) is 4.31 Å². The molecule has 0 saturated heterocycles. The third-order valence-electron chi connectivity index (χ3n) is 5.47. The lowest BCUT2D eigenvalue weighted by Gasteiger charge is -2.23. The van der Waals surface area contributed by atoms with Crippen LogP contribution < -0.4 is 4.31 Å². The van der Waals surface area contributed by atoms with Crippen LogP contribution in [0.25, 0.3) is 10.8 Å². The number of carbonyl (C=O) groups excluding carboxylic acids is 1. The quantitative estimate of drug-likeness (QED) is 0.621. The summed E-state index contributed by atoms with van der Waals surface area (Å²) in [5, 5.41) is 1.69. The van der Waals surface area contributed by atoms with Crippen molar-refractivity contribution >= 4 is 32.3 Å². The second kappa shape index (κ2) is 5.92. The monoisotopic (exact) mass is 379 g/mol.